The smallest absolute Gasteiger partial charge is 0.293 e. The normalized spacial score (nSPS) is 11.3. The fourth-order valence-corrected chi connectivity index (χ4v) is 2.21. The fourth-order valence-electron chi connectivity index (χ4n) is 1.74. The van der Waals surface area contributed by atoms with E-state index in [1.54, 1.807) is 6.07 Å². The maximum Gasteiger partial charge on any atom is 0.293 e. The number of aliphatic hydroxyl groups is 1. The van der Waals surface area contributed by atoms with Crippen LogP contribution in [0.1, 0.15) is 26.7 Å². The molecule has 0 atom stereocenters. The molecule has 1 rings (SSSR count). The van der Waals surface area contributed by atoms with Gasteiger partial charge in [0.2, 0.25) is 0 Å². The average molecular weight is 364 g/mol. The summed E-state index contributed by atoms with van der Waals surface area (Å²) in [6.07, 6.45) is 1.40. The van der Waals surface area contributed by atoms with Crippen molar-refractivity contribution >= 4 is 34.0 Å². The number of nitrogens with zero attached hydrogens (tertiary/aromatic N) is 1. The van der Waals surface area contributed by atoms with Crippen LogP contribution in [-0.2, 0) is 0 Å². The van der Waals surface area contributed by atoms with E-state index in [0.717, 1.165) is 3.57 Å². The van der Waals surface area contributed by atoms with Crippen molar-refractivity contribution in [3.63, 3.8) is 0 Å². The van der Waals surface area contributed by atoms with Crippen LogP contribution in [0.5, 0.6) is 0 Å². The van der Waals surface area contributed by atoms with Gasteiger partial charge < -0.3 is 10.4 Å². The summed E-state index contributed by atoms with van der Waals surface area (Å²) in [5, 5.41) is 23.6. The minimum Gasteiger partial charge on any atom is -0.394 e. The topological polar surface area (TPSA) is 75.4 Å². The molecule has 0 fully saturated rings. The molecule has 18 heavy (non-hydrogen) atoms. The Morgan fingerprint density at radius 2 is 2.06 bits per heavy atom. The second kappa shape index (κ2) is 6.33. The Bertz CT molecular complexity index is 425. The number of hydrogen-bond donors (Lipinski definition) is 2. The van der Waals surface area contributed by atoms with Crippen LogP contribution in [0.3, 0.4) is 0 Å². The van der Waals surface area contributed by atoms with E-state index in [0.29, 0.717) is 18.5 Å². The molecule has 0 radical (unpaired) electrons. The number of aliphatic hydroxyl groups excluding tert-OH is 1. The first-order valence-electron chi connectivity index (χ1n) is 5.81. The molecule has 0 bridgehead atoms. The highest BCUT2D eigenvalue weighted by molar-refractivity contribution is 14.1. The molecule has 1 aromatic carbocycles. The molecule has 0 aliphatic rings. The van der Waals surface area contributed by atoms with Crippen LogP contribution in [0.4, 0.5) is 11.4 Å². The molecule has 0 amide bonds. The Kier molecular flexibility index (Phi) is 5.33. The summed E-state index contributed by atoms with van der Waals surface area (Å²) < 4.78 is 0.812. The van der Waals surface area contributed by atoms with Crippen LogP contribution in [-0.4, -0.2) is 22.2 Å². The predicted molar refractivity (Wildman–Crippen MR) is 79.8 cm³/mol. The van der Waals surface area contributed by atoms with Crippen molar-refractivity contribution in [3.8, 4) is 0 Å². The minimum absolute atomic E-state index is 0.0432. The highest BCUT2D eigenvalue weighted by Gasteiger charge is 2.27. The zero-order valence-corrected chi connectivity index (χ0v) is 12.6. The van der Waals surface area contributed by atoms with Crippen LogP contribution in [0, 0.1) is 13.7 Å². The molecule has 0 aromatic heterocycles. The molecule has 0 saturated carbocycles. The van der Waals surface area contributed by atoms with Gasteiger partial charge in [0.05, 0.1) is 17.1 Å². The molecule has 0 aliphatic heterocycles. The van der Waals surface area contributed by atoms with E-state index in [2.05, 4.69) is 5.32 Å². The van der Waals surface area contributed by atoms with Crippen molar-refractivity contribution in [2.24, 2.45) is 0 Å². The summed E-state index contributed by atoms with van der Waals surface area (Å²) in [5.74, 6) is 0. The summed E-state index contributed by atoms with van der Waals surface area (Å²) in [6.45, 7) is 3.85. The van der Waals surface area contributed by atoms with Gasteiger partial charge in [0.25, 0.3) is 5.69 Å². The van der Waals surface area contributed by atoms with Gasteiger partial charge in [0.1, 0.15) is 5.69 Å². The molecule has 100 valence electrons. The molecule has 1 aromatic rings. The lowest BCUT2D eigenvalue weighted by Gasteiger charge is -2.31. The molecular formula is C12H17IN2O3. The van der Waals surface area contributed by atoms with E-state index >= 15 is 0 Å². The molecule has 5 nitrogen and oxygen atoms in total. The molecule has 0 heterocycles. The average Bonchev–Trinajstić information content (AvgIpc) is 2.37. The van der Waals surface area contributed by atoms with Crippen LogP contribution in [0.15, 0.2) is 18.2 Å². The first-order chi connectivity index (χ1) is 8.48. The molecule has 0 aliphatic carbocycles. The van der Waals surface area contributed by atoms with Gasteiger partial charge in [-0.3, -0.25) is 10.1 Å². The monoisotopic (exact) mass is 364 g/mol. The predicted octanol–water partition coefficient (Wildman–Crippen LogP) is 3.16. The summed E-state index contributed by atoms with van der Waals surface area (Å²) >= 11 is 2.04. The summed E-state index contributed by atoms with van der Waals surface area (Å²) in [7, 11) is 0. The van der Waals surface area contributed by atoms with Gasteiger partial charge in [-0.2, -0.15) is 0 Å². The van der Waals surface area contributed by atoms with E-state index in [1.165, 1.54) is 6.07 Å². The molecule has 2 N–H and O–H groups in total. The maximum absolute atomic E-state index is 11.0. The Hall–Kier alpha value is -0.890. The van der Waals surface area contributed by atoms with E-state index in [9.17, 15) is 15.2 Å². The maximum atomic E-state index is 11.0. The van der Waals surface area contributed by atoms with Gasteiger partial charge in [-0.05, 0) is 47.6 Å². The van der Waals surface area contributed by atoms with E-state index in [1.807, 2.05) is 42.5 Å². The third kappa shape index (κ3) is 3.32. The minimum atomic E-state index is -0.502. The number of hydrogen-bond acceptors (Lipinski definition) is 4. The zero-order valence-electron chi connectivity index (χ0n) is 10.4. The number of benzene rings is 1. The third-order valence-electron chi connectivity index (χ3n) is 3.21. The van der Waals surface area contributed by atoms with Crippen molar-refractivity contribution in [3.05, 3.63) is 31.9 Å². The quantitative estimate of drug-likeness (QED) is 0.462. The van der Waals surface area contributed by atoms with Crippen LogP contribution in [0.2, 0.25) is 0 Å². The SMILES string of the molecule is CCC(CC)(CO)Nc1ccc(I)cc1[N+](=O)[O-]. The Labute approximate surface area is 120 Å². The van der Waals surface area contributed by atoms with Crippen molar-refractivity contribution in [1.82, 2.24) is 0 Å². The Balaban J connectivity index is 3.13. The summed E-state index contributed by atoms with van der Waals surface area (Å²) in [4.78, 5) is 10.6. The van der Waals surface area contributed by atoms with Crippen molar-refractivity contribution in [2.45, 2.75) is 32.2 Å². The first-order valence-corrected chi connectivity index (χ1v) is 6.89. The van der Waals surface area contributed by atoms with E-state index in [-0.39, 0.29) is 12.3 Å². The van der Waals surface area contributed by atoms with E-state index < -0.39 is 10.5 Å². The number of rotatable bonds is 6. The molecule has 0 saturated heterocycles. The third-order valence-corrected chi connectivity index (χ3v) is 3.88. The van der Waals surface area contributed by atoms with Gasteiger partial charge in [-0.15, -0.1) is 0 Å². The highest BCUT2D eigenvalue weighted by Crippen LogP contribution is 2.30. The standard InChI is InChI=1S/C12H17IN2O3/c1-3-12(4-2,8-16)14-10-6-5-9(13)7-11(10)15(17)18/h5-7,14,16H,3-4,8H2,1-2H3. The molecule has 0 spiro atoms. The van der Waals surface area contributed by atoms with Gasteiger partial charge in [0, 0.05) is 9.64 Å². The zero-order chi connectivity index (χ0) is 13.8. The van der Waals surface area contributed by atoms with Gasteiger partial charge >= 0.3 is 0 Å². The second-order valence-corrected chi connectivity index (χ2v) is 5.43. The van der Waals surface area contributed by atoms with Crippen molar-refractivity contribution in [2.75, 3.05) is 11.9 Å². The Morgan fingerprint density at radius 1 is 1.44 bits per heavy atom. The Morgan fingerprint density at radius 3 is 2.50 bits per heavy atom. The second-order valence-electron chi connectivity index (χ2n) is 4.19. The lowest BCUT2D eigenvalue weighted by Crippen LogP contribution is -2.41. The van der Waals surface area contributed by atoms with Gasteiger partial charge in [0.15, 0.2) is 0 Å². The molecule has 6 heteroatoms. The van der Waals surface area contributed by atoms with Crippen LogP contribution >= 0.6 is 22.6 Å². The fraction of sp³-hybridized carbons (Fsp3) is 0.500. The van der Waals surface area contributed by atoms with E-state index in [4.69, 9.17) is 0 Å². The lowest BCUT2D eigenvalue weighted by molar-refractivity contribution is -0.384. The highest BCUT2D eigenvalue weighted by atomic mass is 127. The number of nitro groups is 1. The number of nitrogens with one attached hydrogen (secondary N) is 1. The molecule has 0 unspecified atom stereocenters. The summed E-state index contributed by atoms with van der Waals surface area (Å²) in [6, 6.07) is 5.02. The van der Waals surface area contributed by atoms with Gasteiger partial charge in [-0.25, -0.2) is 0 Å². The van der Waals surface area contributed by atoms with Crippen molar-refractivity contribution in [1.29, 1.82) is 0 Å². The number of anilines is 1. The largest absolute Gasteiger partial charge is 0.394 e. The van der Waals surface area contributed by atoms with Crippen LogP contribution < -0.4 is 5.32 Å². The molecular weight excluding hydrogens is 347 g/mol. The van der Waals surface area contributed by atoms with Gasteiger partial charge in [-0.1, -0.05) is 13.8 Å². The lowest BCUT2D eigenvalue weighted by atomic mass is 9.93. The summed E-state index contributed by atoms with van der Waals surface area (Å²) in [5.41, 5.74) is -0.00262. The van der Waals surface area contributed by atoms with Crippen LogP contribution in [0.25, 0.3) is 0 Å². The first kappa shape index (κ1) is 15.2. The number of halogens is 1. The number of nitro benzene ring substituents is 1. The van der Waals surface area contributed by atoms with Crippen molar-refractivity contribution < 1.29 is 10.0 Å².